The Hall–Kier alpha value is -3.35. The van der Waals surface area contributed by atoms with E-state index in [2.05, 4.69) is 5.10 Å². The highest BCUT2D eigenvalue weighted by Crippen LogP contribution is 2.19. The van der Waals surface area contributed by atoms with Crippen molar-refractivity contribution in [2.45, 2.75) is 47.4 Å². The van der Waals surface area contributed by atoms with Gasteiger partial charge in [0.2, 0.25) is 0 Å². The van der Waals surface area contributed by atoms with Crippen molar-refractivity contribution in [2.24, 2.45) is 0 Å². The fraction of sp³-hybridized carbons (Fsp3) is 0.348. The van der Waals surface area contributed by atoms with Crippen molar-refractivity contribution < 1.29 is 18.7 Å². The lowest BCUT2D eigenvalue weighted by atomic mass is 10.1. The number of Topliss-reactive ketones (excluding diaryl/α,β-unsaturated/α-hetero) is 1. The molecule has 0 spiro atoms. The lowest BCUT2D eigenvalue weighted by molar-refractivity contribution is 0.0748. The summed E-state index contributed by atoms with van der Waals surface area (Å²) in [4.78, 5) is 25.7. The maximum absolute atomic E-state index is 12.8. The second-order valence-corrected chi connectivity index (χ2v) is 7.26. The molecule has 3 aromatic rings. The van der Waals surface area contributed by atoms with Gasteiger partial charge >= 0.3 is 0 Å². The molecular weight excluding hydrogens is 382 g/mol. The van der Waals surface area contributed by atoms with E-state index in [0.29, 0.717) is 23.6 Å². The van der Waals surface area contributed by atoms with Gasteiger partial charge in [-0.1, -0.05) is 0 Å². The number of rotatable bonds is 8. The Bertz CT molecular complexity index is 1050. The Labute approximate surface area is 176 Å². The molecule has 0 saturated heterocycles. The fourth-order valence-electron chi connectivity index (χ4n) is 3.28. The maximum atomic E-state index is 12.8. The normalized spacial score (nSPS) is 10.8. The lowest BCUT2D eigenvalue weighted by Gasteiger charge is -2.16. The fourth-order valence-corrected chi connectivity index (χ4v) is 3.28. The molecule has 3 rings (SSSR count). The van der Waals surface area contributed by atoms with Gasteiger partial charge in [-0.2, -0.15) is 5.10 Å². The number of furan rings is 1. The highest BCUT2D eigenvalue weighted by Gasteiger charge is 2.20. The second-order valence-electron chi connectivity index (χ2n) is 7.26. The van der Waals surface area contributed by atoms with Gasteiger partial charge in [-0.05, 0) is 64.1 Å². The third kappa shape index (κ3) is 4.62. The SMILES string of the molecule is CCn1nc(C)c(CN(C)C(=O)c2ccc(COc3ccc(C(C)=O)cc3)o2)c1C. The van der Waals surface area contributed by atoms with Crippen LogP contribution in [0.5, 0.6) is 5.75 Å². The Balaban J connectivity index is 1.61. The van der Waals surface area contributed by atoms with Crippen molar-refractivity contribution in [2.75, 3.05) is 7.05 Å². The lowest BCUT2D eigenvalue weighted by Crippen LogP contribution is -2.26. The zero-order chi connectivity index (χ0) is 21.8. The maximum Gasteiger partial charge on any atom is 0.289 e. The molecule has 30 heavy (non-hydrogen) atoms. The minimum absolute atomic E-state index is 0.00675. The van der Waals surface area contributed by atoms with Crippen LogP contribution in [-0.2, 0) is 19.7 Å². The Morgan fingerprint density at radius 3 is 2.43 bits per heavy atom. The number of nitrogens with zero attached hydrogens (tertiary/aromatic N) is 3. The number of ketones is 1. The summed E-state index contributed by atoms with van der Waals surface area (Å²) in [5.41, 5.74) is 3.68. The van der Waals surface area contributed by atoms with Crippen LogP contribution >= 0.6 is 0 Å². The van der Waals surface area contributed by atoms with E-state index in [9.17, 15) is 9.59 Å². The molecule has 0 bridgehead atoms. The topological polar surface area (TPSA) is 77.6 Å². The number of hydrogen-bond donors (Lipinski definition) is 0. The summed E-state index contributed by atoms with van der Waals surface area (Å²) in [6.45, 7) is 8.99. The van der Waals surface area contributed by atoms with Crippen molar-refractivity contribution >= 4 is 11.7 Å². The number of aryl methyl sites for hydroxylation is 2. The van der Waals surface area contributed by atoms with E-state index in [4.69, 9.17) is 9.15 Å². The molecule has 0 saturated carbocycles. The van der Waals surface area contributed by atoms with Crippen LogP contribution in [0.3, 0.4) is 0 Å². The minimum Gasteiger partial charge on any atom is -0.486 e. The number of carbonyl (C=O) groups is 2. The van der Waals surface area contributed by atoms with Gasteiger partial charge in [-0.3, -0.25) is 14.3 Å². The van der Waals surface area contributed by atoms with E-state index in [0.717, 1.165) is 23.5 Å². The highest BCUT2D eigenvalue weighted by atomic mass is 16.5. The summed E-state index contributed by atoms with van der Waals surface area (Å²) in [5.74, 6) is 1.25. The average molecular weight is 409 g/mol. The predicted octanol–water partition coefficient (Wildman–Crippen LogP) is 4.17. The number of hydrogen-bond acceptors (Lipinski definition) is 5. The van der Waals surface area contributed by atoms with E-state index >= 15 is 0 Å². The number of ether oxygens (including phenoxy) is 1. The largest absolute Gasteiger partial charge is 0.486 e. The third-order valence-electron chi connectivity index (χ3n) is 5.09. The van der Waals surface area contributed by atoms with Crippen LogP contribution in [0.15, 0.2) is 40.8 Å². The van der Waals surface area contributed by atoms with E-state index in [1.807, 2.05) is 25.5 Å². The van der Waals surface area contributed by atoms with Crippen LogP contribution in [0.25, 0.3) is 0 Å². The summed E-state index contributed by atoms with van der Waals surface area (Å²) in [6.07, 6.45) is 0. The molecule has 7 heteroatoms. The van der Waals surface area contributed by atoms with Crippen LogP contribution in [0.1, 0.15) is 57.5 Å². The van der Waals surface area contributed by atoms with Crippen LogP contribution in [-0.4, -0.2) is 33.4 Å². The molecule has 0 unspecified atom stereocenters. The summed E-state index contributed by atoms with van der Waals surface area (Å²) < 4.78 is 13.3. The van der Waals surface area contributed by atoms with Crippen molar-refractivity contribution in [3.05, 3.63) is 70.4 Å². The first-order valence-electron chi connectivity index (χ1n) is 9.91. The number of aromatic nitrogens is 2. The molecule has 0 aliphatic rings. The second kappa shape index (κ2) is 8.98. The first-order chi connectivity index (χ1) is 14.3. The van der Waals surface area contributed by atoms with Crippen LogP contribution in [0.2, 0.25) is 0 Å². The van der Waals surface area contributed by atoms with Crippen molar-refractivity contribution in [3.8, 4) is 5.75 Å². The van der Waals surface area contributed by atoms with Gasteiger partial charge in [-0.15, -0.1) is 0 Å². The molecule has 2 aromatic heterocycles. The summed E-state index contributed by atoms with van der Waals surface area (Å²) in [7, 11) is 1.75. The first-order valence-corrected chi connectivity index (χ1v) is 9.91. The van der Waals surface area contributed by atoms with Gasteiger partial charge in [0.05, 0.1) is 5.69 Å². The molecule has 1 amide bonds. The molecule has 1 aromatic carbocycles. The molecule has 158 valence electrons. The molecule has 0 fully saturated rings. The van der Waals surface area contributed by atoms with E-state index < -0.39 is 0 Å². The summed E-state index contributed by atoms with van der Waals surface area (Å²) in [6, 6.07) is 10.3. The number of benzene rings is 1. The van der Waals surface area contributed by atoms with Crippen LogP contribution in [0, 0.1) is 13.8 Å². The average Bonchev–Trinajstić information content (AvgIpc) is 3.31. The first kappa shape index (κ1) is 21.4. The Morgan fingerprint density at radius 1 is 1.13 bits per heavy atom. The summed E-state index contributed by atoms with van der Waals surface area (Å²) >= 11 is 0. The van der Waals surface area contributed by atoms with E-state index in [-0.39, 0.29) is 24.1 Å². The molecule has 7 nitrogen and oxygen atoms in total. The van der Waals surface area contributed by atoms with Crippen molar-refractivity contribution in [3.63, 3.8) is 0 Å². The van der Waals surface area contributed by atoms with Gasteiger partial charge in [0.15, 0.2) is 11.5 Å². The minimum atomic E-state index is -0.199. The zero-order valence-electron chi connectivity index (χ0n) is 18.1. The van der Waals surface area contributed by atoms with E-state index in [1.165, 1.54) is 6.92 Å². The number of carbonyl (C=O) groups excluding carboxylic acids is 2. The van der Waals surface area contributed by atoms with Gasteiger partial charge in [0, 0.05) is 37.0 Å². The quantitative estimate of drug-likeness (QED) is 0.522. The smallest absolute Gasteiger partial charge is 0.289 e. The van der Waals surface area contributed by atoms with Gasteiger partial charge in [0.1, 0.15) is 18.1 Å². The molecule has 0 atom stereocenters. The molecular formula is C23H27N3O4. The molecule has 0 aliphatic heterocycles. The van der Waals surface area contributed by atoms with Crippen LogP contribution < -0.4 is 4.74 Å². The van der Waals surface area contributed by atoms with Crippen molar-refractivity contribution in [1.82, 2.24) is 14.7 Å². The van der Waals surface area contributed by atoms with Gasteiger partial charge in [0.25, 0.3) is 5.91 Å². The Kier molecular flexibility index (Phi) is 6.40. The Morgan fingerprint density at radius 2 is 1.83 bits per heavy atom. The van der Waals surface area contributed by atoms with E-state index in [1.54, 1.807) is 48.3 Å². The standard InChI is InChI=1S/C23H27N3O4/c1-6-26-16(3)21(15(2)24-26)13-25(5)23(28)22-12-11-20(30-22)14-29-19-9-7-18(8-10-19)17(4)27/h7-12H,6,13-14H2,1-5H3. The summed E-state index contributed by atoms with van der Waals surface area (Å²) in [5, 5.41) is 4.51. The molecule has 0 aliphatic carbocycles. The molecule has 2 heterocycles. The monoisotopic (exact) mass is 409 g/mol. The highest BCUT2D eigenvalue weighted by molar-refractivity contribution is 5.94. The zero-order valence-corrected chi connectivity index (χ0v) is 18.1. The van der Waals surface area contributed by atoms with Crippen LogP contribution in [0.4, 0.5) is 0 Å². The molecule has 0 radical (unpaired) electrons. The number of amides is 1. The third-order valence-corrected chi connectivity index (χ3v) is 5.09. The predicted molar refractivity (Wildman–Crippen MR) is 113 cm³/mol. The van der Waals surface area contributed by atoms with Gasteiger partial charge < -0.3 is 14.1 Å². The van der Waals surface area contributed by atoms with Crippen molar-refractivity contribution in [1.29, 1.82) is 0 Å². The molecule has 0 N–H and O–H groups in total. The van der Waals surface area contributed by atoms with Gasteiger partial charge in [-0.25, -0.2) is 0 Å².